The third-order valence-electron chi connectivity index (χ3n) is 3.29. The highest BCUT2D eigenvalue weighted by molar-refractivity contribution is 7.07. The Morgan fingerprint density at radius 1 is 1.25 bits per heavy atom. The van der Waals surface area contributed by atoms with Crippen LogP contribution in [0.1, 0.15) is 11.1 Å². The molecule has 20 heavy (non-hydrogen) atoms. The lowest BCUT2D eigenvalue weighted by atomic mass is 10.1. The number of para-hydroxylation sites is 1. The summed E-state index contributed by atoms with van der Waals surface area (Å²) in [7, 11) is 2.06. The minimum absolute atomic E-state index is 0.473. The summed E-state index contributed by atoms with van der Waals surface area (Å²) in [5, 5.41) is 5.40. The van der Waals surface area contributed by atoms with Gasteiger partial charge in [-0.15, -0.1) is 11.6 Å². The second-order valence-electron chi connectivity index (χ2n) is 4.79. The highest BCUT2D eigenvalue weighted by atomic mass is 35.5. The number of halogens is 1. The Hall–Kier alpha value is -1.58. The van der Waals surface area contributed by atoms with E-state index in [0.29, 0.717) is 5.88 Å². The summed E-state index contributed by atoms with van der Waals surface area (Å²) in [4.78, 5) is 6.93. The average Bonchev–Trinajstić information content (AvgIpc) is 2.98. The Kier molecular flexibility index (Phi) is 3.90. The van der Waals surface area contributed by atoms with Crippen LogP contribution in [-0.4, -0.2) is 12.0 Å². The van der Waals surface area contributed by atoms with E-state index in [1.807, 2.05) is 18.2 Å². The van der Waals surface area contributed by atoms with Crippen LogP contribution < -0.4 is 4.90 Å². The summed E-state index contributed by atoms with van der Waals surface area (Å²) in [6, 6.07) is 12.4. The van der Waals surface area contributed by atoms with Crippen LogP contribution in [0.2, 0.25) is 0 Å². The Labute approximate surface area is 127 Å². The van der Waals surface area contributed by atoms with Gasteiger partial charge in [-0.05, 0) is 34.5 Å². The summed E-state index contributed by atoms with van der Waals surface area (Å²) in [6.45, 7) is 0.846. The zero-order valence-corrected chi connectivity index (χ0v) is 12.8. The van der Waals surface area contributed by atoms with Crippen molar-refractivity contribution in [3.63, 3.8) is 0 Å². The summed E-state index contributed by atoms with van der Waals surface area (Å²) in [5.74, 6) is 1.44. The van der Waals surface area contributed by atoms with Crippen LogP contribution in [0, 0.1) is 0 Å². The second-order valence-corrected chi connectivity index (χ2v) is 5.83. The fourth-order valence-electron chi connectivity index (χ4n) is 2.31. The molecule has 0 unspecified atom stereocenters. The van der Waals surface area contributed by atoms with E-state index in [1.54, 1.807) is 11.3 Å². The van der Waals surface area contributed by atoms with Gasteiger partial charge in [0.1, 0.15) is 5.82 Å². The van der Waals surface area contributed by atoms with Crippen molar-refractivity contribution in [2.75, 3.05) is 11.9 Å². The molecule has 0 aliphatic heterocycles. The minimum atomic E-state index is 0.473. The molecule has 0 radical (unpaired) electrons. The number of hydrogen-bond acceptors (Lipinski definition) is 3. The minimum Gasteiger partial charge on any atom is -0.355 e. The number of benzene rings is 1. The summed E-state index contributed by atoms with van der Waals surface area (Å²) >= 11 is 7.81. The van der Waals surface area contributed by atoms with Crippen molar-refractivity contribution in [2.24, 2.45) is 0 Å². The first kappa shape index (κ1) is 13.4. The highest BCUT2D eigenvalue weighted by Gasteiger charge is 2.11. The largest absolute Gasteiger partial charge is 0.355 e. The van der Waals surface area contributed by atoms with Crippen LogP contribution in [-0.2, 0) is 12.4 Å². The third-order valence-corrected chi connectivity index (χ3v) is 4.31. The maximum atomic E-state index is 6.09. The van der Waals surface area contributed by atoms with Crippen LogP contribution in [0.4, 0.5) is 5.82 Å². The van der Waals surface area contributed by atoms with Crippen molar-refractivity contribution < 1.29 is 0 Å². The molecule has 0 saturated carbocycles. The van der Waals surface area contributed by atoms with Crippen LogP contribution in [0.5, 0.6) is 0 Å². The topological polar surface area (TPSA) is 16.1 Å². The van der Waals surface area contributed by atoms with Gasteiger partial charge < -0.3 is 4.90 Å². The van der Waals surface area contributed by atoms with Gasteiger partial charge >= 0.3 is 0 Å². The predicted octanol–water partition coefficient (Wildman–Crippen LogP) is 4.67. The summed E-state index contributed by atoms with van der Waals surface area (Å²) in [6.07, 6.45) is 0. The van der Waals surface area contributed by atoms with Gasteiger partial charge in [0, 0.05) is 24.5 Å². The number of thiophene rings is 1. The normalized spacial score (nSPS) is 10.9. The van der Waals surface area contributed by atoms with E-state index >= 15 is 0 Å². The van der Waals surface area contributed by atoms with E-state index in [4.69, 9.17) is 16.6 Å². The Morgan fingerprint density at radius 2 is 2.10 bits per heavy atom. The lowest BCUT2D eigenvalue weighted by Crippen LogP contribution is -2.19. The average molecular weight is 303 g/mol. The molecule has 0 atom stereocenters. The monoisotopic (exact) mass is 302 g/mol. The number of aromatic nitrogens is 1. The Morgan fingerprint density at radius 3 is 2.85 bits per heavy atom. The van der Waals surface area contributed by atoms with Gasteiger partial charge in [0.05, 0.1) is 11.4 Å². The molecule has 1 aromatic carbocycles. The molecule has 0 aliphatic rings. The van der Waals surface area contributed by atoms with E-state index in [1.165, 1.54) is 5.56 Å². The van der Waals surface area contributed by atoms with E-state index in [2.05, 4.69) is 40.9 Å². The second kappa shape index (κ2) is 5.81. The quantitative estimate of drug-likeness (QED) is 0.651. The van der Waals surface area contributed by atoms with Crippen molar-refractivity contribution in [1.29, 1.82) is 0 Å². The van der Waals surface area contributed by atoms with Gasteiger partial charge in [-0.1, -0.05) is 18.2 Å². The van der Waals surface area contributed by atoms with Gasteiger partial charge in [-0.3, -0.25) is 0 Å². The van der Waals surface area contributed by atoms with Gasteiger partial charge in [0.25, 0.3) is 0 Å². The molecule has 3 rings (SSSR count). The molecule has 0 aliphatic carbocycles. The van der Waals surface area contributed by atoms with Crippen LogP contribution in [0.25, 0.3) is 10.9 Å². The number of alkyl halides is 1. The first-order chi connectivity index (χ1) is 9.78. The fourth-order valence-corrected chi connectivity index (χ4v) is 3.17. The molecule has 0 N–H and O–H groups in total. The molecule has 0 spiro atoms. The number of nitrogens with zero attached hydrogens (tertiary/aromatic N) is 2. The lowest BCUT2D eigenvalue weighted by Gasteiger charge is -2.21. The predicted molar refractivity (Wildman–Crippen MR) is 87.7 cm³/mol. The Bertz CT molecular complexity index is 710. The standard InChI is InChI=1S/C16H15ClN2S/c1-19(10-12-6-7-20-11-12)16-14(9-17)8-13-4-2-3-5-15(13)18-16/h2-8,11H,9-10H2,1H3. The SMILES string of the molecule is CN(Cc1ccsc1)c1nc2ccccc2cc1CCl. The van der Waals surface area contributed by atoms with E-state index < -0.39 is 0 Å². The number of fused-ring (bicyclic) bond motifs is 1. The Balaban J connectivity index is 2.00. The van der Waals surface area contributed by atoms with Crippen LogP contribution in [0.3, 0.4) is 0 Å². The van der Waals surface area contributed by atoms with E-state index in [9.17, 15) is 0 Å². The maximum absolute atomic E-state index is 6.09. The maximum Gasteiger partial charge on any atom is 0.133 e. The first-order valence-corrected chi connectivity index (χ1v) is 7.92. The molecule has 0 fully saturated rings. The molecule has 2 aromatic heterocycles. The van der Waals surface area contributed by atoms with Crippen LogP contribution >= 0.6 is 22.9 Å². The summed E-state index contributed by atoms with van der Waals surface area (Å²) < 4.78 is 0. The zero-order chi connectivity index (χ0) is 13.9. The fraction of sp³-hybridized carbons (Fsp3) is 0.188. The van der Waals surface area contributed by atoms with Crippen LogP contribution in [0.15, 0.2) is 47.2 Å². The highest BCUT2D eigenvalue weighted by Crippen LogP contribution is 2.25. The molecule has 4 heteroatoms. The number of pyridine rings is 1. The zero-order valence-electron chi connectivity index (χ0n) is 11.2. The number of anilines is 1. The molecule has 3 aromatic rings. The van der Waals surface area contributed by atoms with Crippen molar-refractivity contribution >= 4 is 39.7 Å². The number of rotatable bonds is 4. The smallest absolute Gasteiger partial charge is 0.133 e. The van der Waals surface area contributed by atoms with Gasteiger partial charge in [0.2, 0.25) is 0 Å². The van der Waals surface area contributed by atoms with Gasteiger partial charge in [0.15, 0.2) is 0 Å². The molecule has 0 amide bonds. The van der Waals surface area contributed by atoms with Crippen molar-refractivity contribution in [3.8, 4) is 0 Å². The third kappa shape index (κ3) is 2.65. The first-order valence-electron chi connectivity index (χ1n) is 6.45. The summed E-state index contributed by atoms with van der Waals surface area (Å²) in [5.41, 5.74) is 3.38. The van der Waals surface area contributed by atoms with E-state index in [-0.39, 0.29) is 0 Å². The van der Waals surface area contributed by atoms with Crippen molar-refractivity contribution in [2.45, 2.75) is 12.4 Å². The molecular weight excluding hydrogens is 288 g/mol. The molecule has 2 heterocycles. The molecule has 0 bridgehead atoms. The number of hydrogen-bond donors (Lipinski definition) is 0. The molecule has 2 nitrogen and oxygen atoms in total. The van der Waals surface area contributed by atoms with Crippen molar-refractivity contribution in [1.82, 2.24) is 4.98 Å². The lowest BCUT2D eigenvalue weighted by molar-refractivity contribution is 0.898. The van der Waals surface area contributed by atoms with E-state index in [0.717, 1.165) is 28.8 Å². The van der Waals surface area contributed by atoms with Crippen molar-refractivity contribution in [3.05, 3.63) is 58.3 Å². The molecular formula is C16H15ClN2S. The van der Waals surface area contributed by atoms with Gasteiger partial charge in [-0.2, -0.15) is 11.3 Å². The molecule has 102 valence electrons. The molecule has 0 saturated heterocycles. The van der Waals surface area contributed by atoms with Gasteiger partial charge in [-0.25, -0.2) is 4.98 Å².